The van der Waals surface area contributed by atoms with E-state index in [4.69, 9.17) is 9.47 Å². The minimum absolute atomic E-state index is 0.159. The Kier molecular flexibility index (Phi) is 5.93. The molecule has 1 fully saturated rings. The van der Waals surface area contributed by atoms with Gasteiger partial charge in [-0.15, -0.1) is 0 Å². The molecule has 0 N–H and O–H groups in total. The van der Waals surface area contributed by atoms with Crippen molar-refractivity contribution >= 4 is 29.3 Å². The first-order chi connectivity index (χ1) is 13.5. The summed E-state index contributed by atoms with van der Waals surface area (Å²) in [5, 5.41) is 0. The molecular formula is C21H22N2O5. The average Bonchev–Trinajstić information content (AvgIpc) is 3.10. The van der Waals surface area contributed by atoms with Gasteiger partial charge in [-0.1, -0.05) is 0 Å². The summed E-state index contributed by atoms with van der Waals surface area (Å²) in [6, 6.07) is 13.4. The zero-order valence-corrected chi connectivity index (χ0v) is 15.9. The smallest absolute Gasteiger partial charge is 0.338 e. The van der Waals surface area contributed by atoms with Crippen molar-refractivity contribution < 1.29 is 23.9 Å². The van der Waals surface area contributed by atoms with Gasteiger partial charge in [-0.2, -0.15) is 0 Å². The second kappa shape index (κ2) is 8.56. The van der Waals surface area contributed by atoms with Crippen LogP contribution in [0.1, 0.15) is 34.6 Å². The SMILES string of the molecule is CCOC(=O)c1ccc(N2CCN(c3ccc(C(=O)OCC)cc3)C2=O)cc1. The van der Waals surface area contributed by atoms with E-state index < -0.39 is 0 Å². The van der Waals surface area contributed by atoms with Crippen molar-refractivity contribution in [1.82, 2.24) is 0 Å². The highest BCUT2D eigenvalue weighted by Crippen LogP contribution is 2.26. The van der Waals surface area contributed by atoms with Crippen molar-refractivity contribution in [1.29, 1.82) is 0 Å². The Labute approximate surface area is 163 Å². The van der Waals surface area contributed by atoms with Crippen LogP contribution in [0.2, 0.25) is 0 Å². The van der Waals surface area contributed by atoms with E-state index in [2.05, 4.69) is 0 Å². The third-order valence-corrected chi connectivity index (χ3v) is 4.39. The molecule has 0 bridgehead atoms. The summed E-state index contributed by atoms with van der Waals surface area (Å²) < 4.78 is 9.94. The highest BCUT2D eigenvalue weighted by molar-refractivity contribution is 6.06. The first kappa shape index (κ1) is 19.4. The summed E-state index contributed by atoms with van der Waals surface area (Å²) >= 11 is 0. The summed E-state index contributed by atoms with van der Waals surface area (Å²) in [6.07, 6.45) is 0. The second-order valence-corrected chi connectivity index (χ2v) is 6.12. The van der Waals surface area contributed by atoms with Gasteiger partial charge in [-0.3, -0.25) is 9.80 Å². The number of nitrogens with zero attached hydrogens (tertiary/aromatic N) is 2. The molecule has 146 valence electrons. The maximum atomic E-state index is 12.8. The van der Waals surface area contributed by atoms with Crippen LogP contribution in [0.3, 0.4) is 0 Å². The predicted molar refractivity (Wildman–Crippen MR) is 105 cm³/mol. The molecule has 1 saturated heterocycles. The van der Waals surface area contributed by atoms with Crippen molar-refractivity contribution in [3.63, 3.8) is 0 Å². The summed E-state index contributed by atoms with van der Waals surface area (Å²) in [6.45, 7) is 5.19. The van der Waals surface area contributed by atoms with Gasteiger partial charge in [0.05, 0.1) is 24.3 Å². The molecule has 0 aliphatic carbocycles. The fourth-order valence-electron chi connectivity index (χ4n) is 3.00. The quantitative estimate of drug-likeness (QED) is 0.715. The number of carbonyl (C=O) groups is 3. The number of anilines is 2. The molecule has 0 unspecified atom stereocenters. The summed E-state index contributed by atoms with van der Waals surface area (Å²) in [7, 11) is 0. The molecule has 2 aromatic rings. The maximum Gasteiger partial charge on any atom is 0.338 e. The van der Waals surface area contributed by atoms with E-state index in [1.165, 1.54) is 0 Å². The minimum Gasteiger partial charge on any atom is -0.462 e. The molecule has 0 aromatic heterocycles. The third-order valence-electron chi connectivity index (χ3n) is 4.39. The van der Waals surface area contributed by atoms with Crippen LogP contribution >= 0.6 is 0 Å². The lowest BCUT2D eigenvalue weighted by molar-refractivity contribution is 0.0517. The van der Waals surface area contributed by atoms with Crippen molar-refractivity contribution in [3.8, 4) is 0 Å². The van der Waals surface area contributed by atoms with Crippen LogP contribution in [-0.2, 0) is 9.47 Å². The van der Waals surface area contributed by atoms with Gasteiger partial charge in [-0.25, -0.2) is 14.4 Å². The van der Waals surface area contributed by atoms with E-state index in [1.807, 2.05) is 0 Å². The number of benzene rings is 2. The topological polar surface area (TPSA) is 76.2 Å². The van der Waals surface area contributed by atoms with Crippen LogP contribution in [-0.4, -0.2) is 44.3 Å². The van der Waals surface area contributed by atoms with E-state index >= 15 is 0 Å². The first-order valence-corrected chi connectivity index (χ1v) is 9.18. The molecule has 7 nitrogen and oxygen atoms in total. The molecule has 1 aliphatic heterocycles. The number of esters is 2. The van der Waals surface area contributed by atoms with Gasteiger partial charge in [0, 0.05) is 24.5 Å². The first-order valence-electron chi connectivity index (χ1n) is 9.18. The lowest BCUT2D eigenvalue weighted by atomic mass is 10.2. The zero-order valence-electron chi connectivity index (χ0n) is 15.9. The molecule has 1 aliphatic rings. The zero-order chi connectivity index (χ0) is 20.1. The molecular weight excluding hydrogens is 360 g/mol. The molecule has 7 heteroatoms. The predicted octanol–water partition coefficient (Wildman–Crippen LogP) is 3.49. The number of ether oxygens (including phenoxy) is 2. The molecule has 28 heavy (non-hydrogen) atoms. The van der Waals surface area contributed by atoms with Gasteiger partial charge in [0.1, 0.15) is 0 Å². The summed E-state index contributed by atoms with van der Waals surface area (Å²) in [5.41, 5.74) is 2.32. The number of urea groups is 1. The fraction of sp³-hybridized carbons (Fsp3) is 0.286. The Morgan fingerprint density at radius 3 is 1.43 bits per heavy atom. The monoisotopic (exact) mass is 382 g/mol. The summed E-state index contributed by atoms with van der Waals surface area (Å²) in [4.78, 5) is 39.6. The average molecular weight is 382 g/mol. The number of hydrogen-bond donors (Lipinski definition) is 0. The van der Waals surface area contributed by atoms with E-state index in [-0.39, 0.29) is 18.0 Å². The van der Waals surface area contributed by atoms with Crippen molar-refractivity contribution in [2.75, 3.05) is 36.1 Å². The number of hydrogen-bond acceptors (Lipinski definition) is 5. The Morgan fingerprint density at radius 1 is 0.750 bits per heavy atom. The number of carbonyl (C=O) groups excluding carboxylic acids is 3. The third kappa shape index (κ3) is 3.98. The van der Waals surface area contributed by atoms with E-state index in [0.717, 1.165) is 0 Å². The molecule has 0 radical (unpaired) electrons. The normalized spacial score (nSPS) is 13.6. The van der Waals surface area contributed by atoms with Gasteiger partial charge < -0.3 is 9.47 Å². The van der Waals surface area contributed by atoms with Crippen LogP contribution in [0.15, 0.2) is 48.5 Å². The van der Waals surface area contributed by atoms with Crippen LogP contribution in [0, 0.1) is 0 Å². The highest BCUT2D eigenvalue weighted by atomic mass is 16.5. The fourth-order valence-corrected chi connectivity index (χ4v) is 3.00. The Hall–Kier alpha value is -3.35. The minimum atomic E-state index is -0.384. The van der Waals surface area contributed by atoms with Crippen LogP contribution in [0.25, 0.3) is 0 Å². The Morgan fingerprint density at radius 2 is 1.11 bits per heavy atom. The molecule has 1 heterocycles. The van der Waals surface area contributed by atoms with Crippen LogP contribution < -0.4 is 9.80 Å². The van der Waals surface area contributed by atoms with E-state index in [0.29, 0.717) is 48.8 Å². The molecule has 2 amide bonds. The second-order valence-electron chi connectivity index (χ2n) is 6.12. The lowest BCUT2D eigenvalue weighted by Gasteiger charge is -2.19. The van der Waals surface area contributed by atoms with Gasteiger partial charge in [0.2, 0.25) is 0 Å². The van der Waals surface area contributed by atoms with Crippen molar-refractivity contribution in [3.05, 3.63) is 59.7 Å². The summed E-state index contributed by atoms with van der Waals surface area (Å²) in [5.74, 6) is -0.768. The van der Waals surface area contributed by atoms with Gasteiger partial charge in [0.25, 0.3) is 0 Å². The largest absolute Gasteiger partial charge is 0.462 e. The van der Waals surface area contributed by atoms with Crippen LogP contribution in [0.5, 0.6) is 0 Å². The molecule has 3 rings (SSSR count). The van der Waals surface area contributed by atoms with E-state index in [1.54, 1.807) is 72.2 Å². The standard InChI is InChI=1S/C21H22N2O5/c1-3-27-19(24)15-5-9-17(10-6-15)22-13-14-23(21(22)26)18-11-7-16(8-12-18)20(25)28-4-2/h5-12H,3-4,13-14H2,1-2H3. The Bertz CT molecular complexity index is 790. The van der Waals surface area contributed by atoms with Crippen molar-refractivity contribution in [2.45, 2.75) is 13.8 Å². The van der Waals surface area contributed by atoms with Gasteiger partial charge in [-0.05, 0) is 62.4 Å². The lowest BCUT2D eigenvalue weighted by Crippen LogP contribution is -2.31. The molecule has 0 spiro atoms. The molecule has 0 saturated carbocycles. The Balaban J connectivity index is 1.71. The highest BCUT2D eigenvalue weighted by Gasteiger charge is 2.30. The molecule has 0 atom stereocenters. The number of amides is 2. The molecule has 2 aromatic carbocycles. The van der Waals surface area contributed by atoms with Crippen molar-refractivity contribution in [2.24, 2.45) is 0 Å². The van der Waals surface area contributed by atoms with E-state index in [9.17, 15) is 14.4 Å². The maximum absolute atomic E-state index is 12.8. The van der Waals surface area contributed by atoms with Gasteiger partial charge >= 0.3 is 18.0 Å². The number of rotatable bonds is 6. The van der Waals surface area contributed by atoms with Crippen LogP contribution in [0.4, 0.5) is 16.2 Å². The van der Waals surface area contributed by atoms with Gasteiger partial charge in [0.15, 0.2) is 0 Å².